The molecule has 0 saturated carbocycles. The van der Waals surface area contributed by atoms with Crippen LogP contribution in [0.5, 0.6) is 5.75 Å². The van der Waals surface area contributed by atoms with Crippen LogP contribution in [0.1, 0.15) is 16.7 Å². The molecule has 1 N–H and O–H groups in total. The lowest BCUT2D eigenvalue weighted by atomic mass is 10.1. The van der Waals surface area contributed by atoms with E-state index in [2.05, 4.69) is 36.4 Å². The molecule has 20 heavy (non-hydrogen) atoms. The van der Waals surface area contributed by atoms with Gasteiger partial charge in [-0.05, 0) is 35.7 Å². The zero-order valence-electron chi connectivity index (χ0n) is 11.7. The van der Waals surface area contributed by atoms with E-state index in [0.29, 0.717) is 13.2 Å². The largest absolute Gasteiger partial charge is 0.489 e. The Bertz CT molecular complexity index is 598. The van der Waals surface area contributed by atoms with Crippen molar-refractivity contribution in [3.8, 4) is 18.1 Å². The first kappa shape index (κ1) is 14.2. The standard InChI is InChI=1S/C18H19NO/c1-3-11-19-13-16-8-6-10-18(12-16)20-14-17-9-5-4-7-15(17)2/h1,4-10,12,19H,11,13-14H2,2H3. The van der Waals surface area contributed by atoms with Crippen molar-refractivity contribution in [1.29, 1.82) is 0 Å². The molecule has 0 aliphatic carbocycles. The maximum Gasteiger partial charge on any atom is 0.120 e. The van der Waals surface area contributed by atoms with Gasteiger partial charge >= 0.3 is 0 Å². The Morgan fingerprint density at radius 1 is 1.15 bits per heavy atom. The topological polar surface area (TPSA) is 21.3 Å². The molecule has 0 aliphatic rings. The van der Waals surface area contributed by atoms with Crippen LogP contribution in [0.4, 0.5) is 0 Å². The quantitative estimate of drug-likeness (QED) is 0.639. The fourth-order valence-electron chi connectivity index (χ4n) is 1.96. The molecular weight excluding hydrogens is 246 g/mol. The van der Waals surface area contributed by atoms with E-state index in [4.69, 9.17) is 11.2 Å². The molecule has 0 aliphatic heterocycles. The first-order valence-electron chi connectivity index (χ1n) is 6.70. The van der Waals surface area contributed by atoms with Crippen LogP contribution in [0, 0.1) is 19.3 Å². The van der Waals surface area contributed by atoms with Crippen LogP contribution in [-0.4, -0.2) is 6.54 Å². The van der Waals surface area contributed by atoms with Gasteiger partial charge in [0.25, 0.3) is 0 Å². The maximum atomic E-state index is 5.85. The number of benzene rings is 2. The fourth-order valence-corrected chi connectivity index (χ4v) is 1.96. The Morgan fingerprint density at radius 3 is 2.80 bits per heavy atom. The summed E-state index contributed by atoms with van der Waals surface area (Å²) < 4.78 is 5.85. The van der Waals surface area contributed by atoms with Crippen molar-refractivity contribution in [1.82, 2.24) is 5.32 Å². The second-order valence-corrected chi connectivity index (χ2v) is 4.67. The highest BCUT2D eigenvalue weighted by Crippen LogP contribution is 2.16. The normalized spacial score (nSPS) is 10.0. The average molecular weight is 265 g/mol. The zero-order chi connectivity index (χ0) is 14.2. The molecule has 2 nitrogen and oxygen atoms in total. The predicted molar refractivity (Wildman–Crippen MR) is 82.5 cm³/mol. The SMILES string of the molecule is C#CCNCc1cccc(OCc2ccccc2C)c1. The molecule has 0 unspecified atom stereocenters. The Balaban J connectivity index is 1.95. The number of hydrogen-bond donors (Lipinski definition) is 1. The average Bonchev–Trinajstić information content (AvgIpc) is 2.47. The van der Waals surface area contributed by atoms with E-state index in [1.165, 1.54) is 16.7 Å². The number of aryl methyl sites for hydroxylation is 1. The molecule has 0 aromatic heterocycles. The number of rotatable bonds is 6. The van der Waals surface area contributed by atoms with Crippen LogP contribution in [0.15, 0.2) is 48.5 Å². The minimum absolute atomic E-state index is 0.578. The Hall–Kier alpha value is -2.24. The third-order valence-electron chi connectivity index (χ3n) is 3.11. The van der Waals surface area contributed by atoms with Crippen molar-refractivity contribution in [3.05, 3.63) is 65.2 Å². The Kier molecular flexibility index (Phi) is 5.23. The molecule has 2 aromatic rings. The van der Waals surface area contributed by atoms with Crippen LogP contribution in [0.3, 0.4) is 0 Å². The van der Waals surface area contributed by atoms with Crippen LogP contribution in [0.25, 0.3) is 0 Å². The highest BCUT2D eigenvalue weighted by Gasteiger charge is 2.00. The van der Waals surface area contributed by atoms with Gasteiger partial charge in [0.1, 0.15) is 12.4 Å². The van der Waals surface area contributed by atoms with Crippen LogP contribution in [-0.2, 0) is 13.2 Å². The van der Waals surface area contributed by atoms with Crippen molar-refractivity contribution in [3.63, 3.8) is 0 Å². The van der Waals surface area contributed by atoms with Gasteiger partial charge in [0.15, 0.2) is 0 Å². The number of ether oxygens (including phenoxy) is 1. The lowest BCUT2D eigenvalue weighted by Crippen LogP contribution is -2.12. The van der Waals surface area contributed by atoms with Gasteiger partial charge in [-0.2, -0.15) is 0 Å². The lowest BCUT2D eigenvalue weighted by Gasteiger charge is -2.10. The van der Waals surface area contributed by atoms with Crippen molar-refractivity contribution >= 4 is 0 Å². The van der Waals surface area contributed by atoms with Crippen molar-refractivity contribution < 1.29 is 4.74 Å². The van der Waals surface area contributed by atoms with E-state index in [1.54, 1.807) is 0 Å². The van der Waals surface area contributed by atoms with Crippen molar-refractivity contribution in [2.75, 3.05) is 6.54 Å². The first-order chi connectivity index (χ1) is 9.79. The second kappa shape index (κ2) is 7.37. The molecule has 0 radical (unpaired) electrons. The molecular formula is C18H19NO. The summed E-state index contributed by atoms with van der Waals surface area (Å²) in [7, 11) is 0. The van der Waals surface area contributed by atoms with Gasteiger partial charge < -0.3 is 10.1 Å². The van der Waals surface area contributed by atoms with E-state index in [9.17, 15) is 0 Å². The molecule has 102 valence electrons. The monoisotopic (exact) mass is 265 g/mol. The zero-order valence-corrected chi connectivity index (χ0v) is 11.7. The molecule has 0 heterocycles. The molecule has 0 atom stereocenters. The van der Waals surface area contributed by atoms with E-state index >= 15 is 0 Å². The van der Waals surface area contributed by atoms with Crippen molar-refractivity contribution in [2.45, 2.75) is 20.1 Å². The lowest BCUT2D eigenvalue weighted by molar-refractivity contribution is 0.305. The number of hydrogen-bond acceptors (Lipinski definition) is 2. The number of nitrogens with one attached hydrogen (secondary N) is 1. The molecule has 2 heteroatoms. The summed E-state index contributed by atoms with van der Waals surface area (Å²) in [6.45, 7) is 4.02. The van der Waals surface area contributed by atoms with Gasteiger partial charge in [-0.1, -0.05) is 42.3 Å². The first-order valence-corrected chi connectivity index (χ1v) is 6.70. The number of terminal acetylenes is 1. The van der Waals surface area contributed by atoms with Gasteiger partial charge in [0.05, 0.1) is 6.54 Å². The summed E-state index contributed by atoms with van der Waals surface area (Å²) in [5, 5.41) is 3.17. The van der Waals surface area contributed by atoms with Crippen molar-refractivity contribution in [2.24, 2.45) is 0 Å². The third kappa shape index (κ3) is 4.15. The predicted octanol–water partition coefficient (Wildman–Crippen LogP) is 3.30. The molecule has 0 saturated heterocycles. The minimum atomic E-state index is 0.578. The maximum absolute atomic E-state index is 5.85. The molecule has 0 bridgehead atoms. The second-order valence-electron chi connectivity index (χ2n) is 4.67. The van der Waals surface area contributed by atoms with Crippen LogP contribution >= 0.6 is 0 Å². The van der Waals surface area contributed by atoms with Gasteiger partial charge in [-0.3, -0.25) is 0 Å². The van der Waals surface area contributed by atoms with Gasteiger partial charge in [0, 0.05) is 6.54 Å². The van der Waals surface area contributed by atoms with Gasteiger partial charge in [-0.25, -0.2) is 0 Å². The Morgan fingerprint density at radius 2 is 2.00 bits per heavy atom. The summed E-state index contributed by atoms with van der Waals surface area (Å²) >= 11 is 0. The Labute approximate surface area is 120 Å². The van der Waals surface area contributed by atoms with Crippen LogP contribution < -0.4 is 10.1 Å². The van der Waals surface area contributed by atoms with Gasteiger partial charge in [0.2, 0.25) is 0 Å². The molecule has 2 rings (SSSR count). The minimum Gasteiger partial charge on any atom is -0.489 e. The summed E-state index contributed by atoms with van der Waals surface area (Å²) in [5.74, 6) is 3.45. The highest BCUT2D eigenvalue weighted by molar-refractivity contribution is 5.30. The highest BCUT2D eigenvalue weighted by atomic mass is 16.5. The summed E-state index contributed by atoms with van der Waals surface area (Å²) in [4.78, 5) is 0. The van der Waals surface area contributed by atoms with Crippen LogP contribution in [0.2, 0.25) is 0 Å². The van der Waals surface area contributed by atoms with E-state index < -0.39 is 0 Å². The van der Waals surface area contributed by atoms with E-state index in [0.717, 1.165) is 12.3 Å². The summed E-state index contributed by atoms with van der Waals surface area (Å²) in [6.07, 6.45) is 5.21. The molecule has 0 spiro atoms. The fraction of sp³-hybridized carbons (Fsp3) is 0.222. The smallest absolute Gasteiger partial charge is 0.120 e. The molecule has 0 fully saturated rings. The summed E-state index contributed by atoms with van der Waals surface area (Å²) in [6, 6.07) is 16.3. The van der Waals surface area contributed by atoms with Gasteiger partial charge in [-0.15, -0.1) is 6.42 Å². The van der Waals surface area contributed by atoms with E-state index in [1.807, 2.05) is 30.3 Å². The third-order valence-corrected chi connectivity index (χ3v) is 3.11. The van der Waals surface area contributed by atoms with E-state index in [-0.39, 0.29) is 0 Å². The molecule has 2 aromatic carbocycles. The summed E-state index contributed by atoms with van der Waals surface area (Å²) in [5.41, 5.74) is 3.63. The molecule has 0 amide bonds.